The summed E-state index contributed by atoms with van der Waals surface area (Å²) >= 11 is 0. The van der Waals surface area contributed by atoms with E-state index < -0.39 is 20.2 Å². The lowest BCUT2D eigenvalue weighted by Gasteiger charge is -2.61. The molecule has 9 atom stereocenters. The predicted octanol–water partition coefficient (Wildman–Crippen LogP) is 5.38. The minimum atomic E-state index is -3.39. The van der Waals surface area contributed by atoms with Crippen LogP contribution < -0.4 is 0 Å². The average molecular weight is 519 g/mol. The van der Waals surface area contributed by atoms with Crippen molar-refractivity contribution in [1.29, 1.82) is 0 Å². The highest BCUT2D eigenvalue weighted by Crippen LogP contribution is 2.68. The van der Waals surface area contributed by atoms with E-state index >= 15 is 0 Å². The summed E-state index contributed by atoms with van der Waals surface area (Å²) in [4.78, 5) is 0. The van der Waals surface area contributed by atoms with Crippen LogP contribution >= 0.6 is 0 Å². The number of hydrogen-bond donors (Lipinski definition) is 0. The highest BCUT2D eigenvalue weighted by Gasteiger charge is 2.60. The molecule has 4 aliphatic rings. The first-order valence-electron chi connectivity index (χ1n) is 13.5. The maximum atomic E-state index is 11.7. The Kier molecular flexibility index (Phi) is 7.59. The molecule has 4 fully saturated rings. The van der Waals surface area contributed by atoms with E-state index in [2.05, 4.69) is 20.8 Å². The molecule has 0 aromatic heterocycles. The summed E-state index contributed by atoms with van der Waals surface area (Å²) in [6, 6.07) is 0. The topological polar surface area (TPSA) is 86.7 Å². The molecule has 6 nitrogen and oxygen atoms in total. The van der Waals surface area contributed by atoms with Crippen molar-refractivity contribution >= 4 is 20.2 Å². The molecule has 4 rings (SSSR count). The van der Waals surface area contributed by atoms with Crippen LogP contribution in [-0.2, 0) is 28.6 Å². The Morgan fingerprint density at radius 2 is 1.53 bits per heavy atom. The van der Waals surface area contributed by atoms with E-state index in [1.165, 1.54) is 44.8 Å². The lowest BCUT2D eigenvalue weighted by molar-refractivity contribution is -0.126. The third kappa shape index (κ3) is 5.40. The number of rotatable bonds is 8. The van der Waals surface area contributed by atoms with Crippen LogP contribution in [0.4, 0.5) is 0 Å². The molecule has 0 aromatic carbocycles. The zero-order chi connectivity index (χ0) is 24.9. The fourth-order valence-corrected chi connectivity index (χ4v) is 10.4. The summed E-state index contributed by atoms with van der Waals surface area (Å²) < 4.78 is 56.3. The second-order valence-corrected chi connectivity index (χ2v) is 16.0. The van der Waals surface area contributed by atoms with Gasteiger partial charge in [-0.05, 0) is 117 Å². The fraction of sp³-hybridized carbons (Fsp3) is 1.00. The van der Waals surface area contributed by atoms with Gasteiger partial charge in [-0.15, -0.1) is 0 Å². The molecule has 0 aromatic rings. The predicted molar refractivity (Wildman–Crippen MR) is 134 cm³/mol. The van der Waals surface area contributed by atoms with Crippen LogP contribution in [0.15, 0.2) is 0 Å². The molecule has 0 aliphatic heterocycles. The van der Waals surface area contributed by atoms with Gasteiger partial charge in [0.05, 0.1) is 25.2 Å². The Balaban J connectivity index is 1.40. The van der Waals surface area contributed by atoms with Gasteiger partial charge in [0, 0.05) is 0 Å². The van der Waals surface area contributed by atoms with E-state index in [9.17, 15) is 16.8 Å². The normalized spacial score (nSPS) is 43.6. The molecule has 0 saturated heterocycles. The molecule has 34 heavy (non-hydrogen) atoms. The lowest BCUT2D eigenvalue weighted by atomic mass is 9.44. The van der Waals surface area contributed by atoms with E-state index in [-0.39, 0.29) is 6.10 Å². The smallest absolute Gasteiger partial charge is 0.264 e. The number of fused-ring (bicyclic) bond motifs is 5. The molecule has 0 N–H and O–H groups in total. The molecule has 0 amide bonds. The Labute approximate surface area is 208 Å². The maximum absolute atomic E-state index is 11.7. The van der Waals surface area contributed by atoms with Gasteiger partial charge in [-0.1, -0.05) is 20.8 Å². The van der Waals surface area contributed by atoms with Crippen molar-refractivity contribution in [3.63, 3.8) is 0 Å². The van der Waals surface area contributed by atoms with Gasteiger partial charge in [0.15, 0.2) is 0 Å². The average Bonchev–Trinajstić information content (AvgIpc) is 3.07. The van der Waals surface area contributed by atoms with Gasteiger partial charge in [0.1, 0.15) is 0 Å². The van der Waals surface area contributed by atoms with E-state index in [1.54, 1.807) is 0 Å². The van der Waals surface area contributed by atoms with Crippen LogP contribution in [0, 0.1) is 46.3 Å². The zero-order valence-electron chi connectivity index (χ0n) is 21.8. The van der Waals surface area contributed by atoms with E-state index in [1.807, 2.05) is 0 Å². The minimum absolute atomic E-state index is 0.137. The van der Waals surface area contributed by atoms with E-state index in [0.29, 0.717) is 35.2 Å². The third-order valence-electron chi connectivity index (χ3n) is 10.8. The summed E-state index contributed by atoms with van der Waals surface area (Å²) in [6.45, 7) is 7.72. The molecule has 0 spiro atoms. The molecule has 0 unspecified atom stereocenters. The first-order valence-corrected chi connectivity index (χ1v) is 17.1. The Morgan fingerprint density at radius 1 is 0.853 bits per heavy atom. The van der Waals surface area contributed by atoms with Gasteiger partial charge < -0.3 is 0 Å². The molecule has 4 saturated carbocycles. The maximum Gasteiger partial charge on any atom is 0.264 e. The molecule has 0 bridgehead atoms. The van der Waals surface area contributed by atoms with Gasteiger partial charge in [-0.3, -0.25) is 8.37 Å². The quantitative estimate of drug-likeness (QED) is 0.317. The molecule has 0 heterocycles. The zero-order valence-corrected chi connectivity index (χ0v) is 23.4. The molecule has 198 valence electrons. The first kappa shape index (κ1) is 26.9. The second-order valence-electron chi connectivity index (χ2n) is 12.7. The van der Waals surface area contributed by atoms with E-state index in [0.717, 1.165) is 56.1 Å². The summed E-state index contributed by atoms with van der Waals surface area (Å²) in [5.74, 6) is 4.20. The van der Waals surface area contributed by atoms with Crippen molar-refractivity contribution in [2.24, 2.45) is 46.3 Å². The van der Waals surface area contributed by atoms with Crippen molar-refractivity contribution in [3.8, 4) is 0 Å². The minimum Gasteiger partial charge on any atom is -0.270 e. The van der Waals surface area contributed by atoms with Crippen LogP contribution in [0.1, 0.15) is 91.4 Å². The molecular formula is C26H46O6S2. The van der Waals surface area contributed by atoms with Crippen LogP contribution in [0.2, 0.25) is 0 Å². The van der Waals surface area contributed by atoms with Crippen molar-refractivity contribution in [3.05, 3.63) is 0 Å². The monoisotopic (exact) mass is 518 g/mol. The van der Waals surface area contributed by atoms with Crippen LogP contribution in [0.25, 0.3) is 0 Å². The third-order valence-corrected chi connectivity index (χ3v) is 12.0. The largest absolute Gasteiger partial charge is 0.270 e. The lowest BCUT2D eigenvalue weighted by Crippen LogP contribution is -2.54. The summed E-state index contributed by atoms with van der Waals surface area (Å²) in [7, 11) is -6.74. The molecule has 0 radical (unpaired) electrons. The molecular weight excluding hydrogens is 472 g/mol. The fourth-order valence-electron chi connectivity index (χ4n) is 9.35. The highest BCUT2D eigenvalue weighted by molar-refractivity contribution is 7.86. The Hall–Kier alpha value is -0.180. The Bertz CT molecular complexity index is 946. The van der Waals surface area contributed by atoms with Gasteiger partial charge >= 0.3 is 0 Å². The van der Waals surface area contributed by atoms with Crippen LogP contribution in [-0.4, -0.2) is 42.1 Å². The van der Waals surface area contributed by atoms with Crippen molar-refractivity contribution < 1.29 is 25.2 Å². The van der Waals surface area contributed by atoms with Gasteiger partial charge in [0.25, 0.3) is 20.2 Å². The van der Waals surface area contributed by atoms with Crippen LogP contribution in [0.3, 0.4) is 0 Å². The SMILES string of the molecule is C[C@H](CCCOS(C)(=O)=O)[C@H]1CC[C@H]2[C@@H]3CC[C@H]4C[C@@H](OS(C)(=O)=O)CC[C@]4(C)[C@H]3CC[C@]12C. The second kappa shape index (κ2) is 9.60. The summed E-state index contributed by atoms with van der Waals surface area (Å²) in [5.41, 5.74) is 0.701. The van der Waals surface area contributed by atoms with Crippen molar-refractivity contribution in [1.82, 2.24) is 0 Å². The highest BCUT2D eigenvalue weighted by atomic mass is 32.2. The number of hydrogen-bond acceptors (Lipinski definition) is 6. The summed E-state index contributed by atoms with van der Waals surface area (Å²) in [6.07, 6.45) is 14.5. The summed E-state index contributed by atoms with van der Waals surface area (Å²) in [5, 5.41) is 0. The van der Waals surface area contributed by atoms with Gasteiger partial charge in [0.2, 0.25) is 0 Å². The Morgan fingerprint density at radius 3 is 2.21 bits per heavy atom. The molecule has 8 heteroatoms. The van der Waals surface area contributed by atoms with Crippen molar-refractivity contribution in [2.75, 3.05) is 19.1 Å². The molecule has 4 aliphatic carbocycles. The standard InChI is InChI=1S/C26H46O6S2/c1-18(7-6-16-31-33(4,27)28)22-10-11-23-21-9-8-19-17-20(32-34(5,29)30)12-14-25(19,2)24(21)13-15-26(22,23)3/h18-24H,6-17H2,1-5H3/t18-,19+,20+,21+,22-,23+,24+,25+,26-/m1/s1. The van der Waals surface area contributed by atoms with Crippen LogP contribution in [0.5, 0.6) is 0 Å². The van der Waals surface area contributed by atoms with Gasteiger partial charge in [-0.25, -0.2) is 0 Å². The van der Waals surface area contributed by atoms with Gasteiger partial charge in [-0.2, -0.15) is 16.8 Å². The van der Waals surface area contributed by atoms with E-state index in [4.69, 9.17) is 8.37 Å². The first-order chi connectivity index (χ1) is 15.7. The van der Waals surface area contributed by atoms with Crippen molar-refractivity contribution in [2.45, 2.75) is 97.5 Å².